The van der Waals surface area contributed by atoms with Gasteiger partial charge in [-0.2, -0.15) is 0 Å². The molecular weight excluding hydrogens is 358 g/mol. The summed E-state index contributed by atoms with van der Waals surface area (Å²) in [6.45, 7) is 1.82. The van der Waals surface area contributed by atoms with E-state index in [4.69, 9.17) is 4.74 Å². The van der Waals surface area contributed by atoms with Crippen LogP contribution in [-0.2, 0) is 33.4 Å². The number of hydrogen-bond donors (Lipinski definition) is 1. The van der Waals surface area contributed by atoms with E-state index < -0.39 is 35.0 Å². The Balaban J connectivity index is 2.71. The Kier molecular flexibility index (Phi) is 5.96. The molecular formula is C18H17NO8. The van der Waals surface area contributed by atoms with E-state index in [1.54, 1.807) is 18.2 Å². The molecule has 0 amide bonds. The molecule has 1 N–H and O–H groups in total. The lowest BCUT2D eigenvalue weighted by molar-refractivity contribution is -0.140. The summed E-state index contributed by atoms with van der Waals surface area (Å²) in [6.07, 6.45) is 0.728. The first-order chi connectivity index (χ1) is 12.8. The Morgan fingerprint density at radius 3 is 2.30 bits per heavy atom. The monoisotopic (exact) mass is 375 g/mol. The molecule has 27 heavy (non-hydrogen) atoms. The van der Waals surface area contributed by atoms with Gasteiger partial charge in [-0.3, -0.25) is 0 Å². The van der Waals surface area contributed by atoms with E-state index in [1.165, 1.54) is 0 Å². The van der Waals surface area contributed by atoms with Gasteiger partial charge in [-0.05, 0) is 24.6 Å². The van der Waals surface area contributed by atoms with Gasteiger partial charge in [0.1, 0.15) is 11.3 Å². The average molecular weight is 375 g/mol. The number of esters is 4. The molecule has 0 aliphatic carbocycles. The molecule has 9 nitrogen and oxygen atoms in total. The van der Waals surface area contributed by atoms with E-state index >= 15 is 0 Å². The maximum atomic E-state index is 12.4. The first kappa shape index (κ1) is 19.7. The van der Waals surface area contributed by atoms with Crippen LogP contribution >= 0.6 is 0 Å². The number of fused-ring (bicyclic) bond motifs is 1. The summed E-state index contributed by atoms with van der Waals surface area (Å²) in [6, 6.07) is 4.99. The van der Waals surface area contributed by atoms with Gasteiger partial charge in [0, 0.05) is 6.08 Å². The maximum absolute atomic E-state index is 12.4. The van der Waals surface area contributed by atoms with E-state index in [-0.39, 0.29) is 11.4 Å². The lowest BCUT2D eigenvalue weighted by Gasteiger charge is -2.22. The Morgan fingerprint density at radius 1 is 1.04 bits per heavy atom. The van der Waals surface area contributed by atoms with E-state index in [0.717, 1.165) is 33.0 Å². The SMILES string of the molecule is COC(=O)/C=C(C(=O)OC)/C(C(=O)OC)=C1/Nc2cc(C)ccc2OC1=O. The average Bonchev–Trinajstić information content (AvgIpc) is 2.66. The molecule has 1 aromatic carbocycles. The van der Waals surface area contributed by atoms with Crippen LogP contribution in [0, 0.1) is 6.92 Å². The highest BCUT2D eigenvalue weighted by Crippen LogP contribution is 2.33. The molecule has 0 bridgehead atoms. The fourth-order valence-corrected chi connectivity index (χ4v) is 2.30. The highest BCUT2D eigenvalue weighted by molar-refractivity contribution is 6.15. The fraction of sp³-hybridized carbons (Fsp3) is 0.222. The zero-order valence-corrected chi connectivity index (χ0v) is 15.1. The van der Waals surface area contributed by atoms with Gasteiger partial charge < -0.3 is 24.3 Å². The summed E-state index contributed by atoms with van der Waals surface area (Å²) in [5, 5.41) is 2.76. The predicted molar refractivity (Wildman–Crippen MR) is 91.6 cm³/mol. The molecule has 0 spiro atoms. The zero-order valence-electron chi connectivity index (χ0n) is 15.1. The molecule has 1 aliphatic heterocycles. The Bertz CT molecular complexity index is 881. The van der Waals surface area contributed by atoms with Gasteiger partial charge in [0.15, 0.2) is 5.75 Å². The quantitative estimate of drug-likeness (QED) is 0.356. The summed E-state index contributed by atoms with van der Waals surface area (Å²) >= 11 is 0. The predicted octanol–water partition coefficient (Wildman–Crippen LogP) is 1.03. The number of anilines is 1. The van der Waals surface area contributed by atoms with Gasteiger partial charge in [-0.15, -0.1) is 0 Å². The summed E-state index contributed by atoms with van der Waals surface area (Å²) in [4.78, 5) is 48.6. The number of benzene rings is 1. The molecule has 1 aromatic rings. The minimum absolute atomic E-state index is 0.245. The molecule has 0 atom stereocenters. The van der Waals surface area contributed by atoms with Crippen LogP contribution in [0.2, 0.25) is 0 Å². The number of methoxy groups -OCH3 is 3. The Hall–Kier alpha value is -3.62. The van der Waals surface area contributed by atoms with Crippen LogP contribution in [0.3, 0.4) is 0 Å². The molecule has 0 aromatic heterocycles. The van der Waals surface area contributed by atoms with Crippen molar-refractivity contribution in [3.05, 3.63) is 46.7 Å². The Labute approximate surface area is 154 Å². The minimum Gasteiger partial charge on any atom is -0.466 e. The van der Waals surface area contributed by atoms with Crippen molar-refractivity contribution >= 4 is 29.6 Å². The van der Waals surface area contributed by atoms with Crippen LogP contribution < -0.4 is 10.1 Å². The van der Waals surface area contributed by atoms with Gasteiger partial charge in [-0.25, -0.2) is 19.2 Å². The smallest absolute Gasteiger partial charge is 0.361 e. The number of hydrogen-bond acceptors (Lipinski definition) is 9. The van der Waals surface area contributed by atoms with Gasteiger partial charge in [0.05, 0.1) is 32.6 Å². The van der Waals surface area contributed by atoms with Crippen LogP contribution in [0.5, 0.6) is 5.75 Å². The van der Waals surface area contributed by atoms with Crippen molar-refractivity contribution in [1.29, 1.82) is 0 Å². The van der Waals surface area contributed by atoms with Crippen molar-refractivity contribution < 1.29 is 38.1 Å². The number of rotatable bonds is 4. The zero-order chi connectivity index (χ0) is 20.1. The van der Waals surface area contributed by atoms with Crippen LogP contribution in [0.25, 0.3) is 0 Å². The second kappa shape index (κ2) is 8.17. The molecule has 0 saturated carbocycles. The molecule has 0 fully saturated rings. The van der Waals surface area contributed by atoms with E-state index in [1.807, 2.05) is 6.92 Å². The van der Waals surface area contributed by atoms with E-state index in [0.29, 0.717) is 5.69 Å². The number of carbonyl (C=O) groups excluding carboxylic acids is 4. The van der Waals surface area contributed by atoms with E-state index in [2.05, 4.69) is 19.5 Å². The highest BCUT2D eigenvalue weighted by Gasteiger charge is 2.34. The molecule has 0 radical (unpaired) electrons. The topological polar surface area (TPSA) is 117 Å². The van der Waals surface area contributed by atoms with Crippen molar-refractivity contribution in [2.24, 2.45) is 0 Å². The van der Waals surface area contributed by atoms with Gasteiger partial charge in [0.25, 0.3) is 0 Å². The third kappa shape index (κ3) is 4.14. The van der Waals surface area contributed by atoms with Crippen molar-refractivity contribution in [2.45, 2.75) is 6.92 Å². The van der Waals surface area contributed by atoms with Crippen LogP contribution in [0.4, 0.5) is 5.69 Å². The number of ether oxygens (including phenoxy) is 4. The summed E-state index contributed by atoms with van der Waals surface area (Å²) in [5.74, 6) is -3.72. The standard InChI is InChI=1S/C18H17NO8/c1-9-5-6-12-11(7-9)19-15(18(23)27-12)14(17(22)26-4)10(16(21)25-3)8-13(20)24-2/h5-8,19H,1-4H3/b10-8-,15-14-. The lowest BCUT2D eigenvalue weighted by atomic mass is 10.0. The number of aryl methyl sites for hydroxylation is 1. The third-order valence-electron chi connectivity index (χ3n) is 3.58. The van der Waals surface area contributed by atoms with E-state index in [9.17, 15) is 19.2 Å². The first-order valence-electron chi connectivity index (χ1n) is 7.63. The molecule has 9 heteroatoms. The second-order valence-electron chi connectivity index (χ2n) is 5.33. The van der Waals surface area contributed by atoms with Crippen molar-refractivity contribution in [2.75, 3.05) is 26.6 Å². The minimum atomic E-state index is -1.05. The maximum Gasteiger partial charge on any atom is 0.361 e. The largest absolute Gasteiger partial charge is 0.466 e. The van der Waals surface area contributed by atoms with Crippen molar-refractivity contribution in [1.82, 2.24) is 0 Å². The summed E-state index contributed by atoms with van der Waals surface area (Å²) in [7, 11) is 3.20. The second-order valence-corrected chi connectivity index (χ2v) is 5.33. The van der Waals surface area contributed by atoms with Gasteiger partial charge in [-0.1, -0.05) is 6.07 Å². The summed E-state index contributed by atoms with van der Waals surface area (Å²) < 4.78 is 19.0. The third-order valence-corrected chi connectivity index (χ3v) is 3.58. The summed E-state index contributed by atoms with van der Waals surface area (Å²) in [5.41, 5.74) is -0.163. The van der Waals surface area contributed by atoms with Crippen molar-refractivity contribution in [3.63, 3.8) is 0 Å². The molecule has 1 heterocycles. The van der Waals surface area contributed by atoms with Gasteiger partial charge >= 0.3 is 23.9 Å². The fourth-order valence-electron chi connectivity index (χ4n) is 2.30. The van der Waals surface area contributed by atoms with Crippen LogP contribution in [-0.4, -0.2) is 45.2 Å². The van der Waals surface area contributed by atoms with Crippen molar-refractivity contribution in [3.8, 4) is 5.75 Å². The number of nitrogens with one attached hydrogen (secondary N) is 1. The molecule has 0 unspecified atom stereocenters. The Morgan fingerprint density at radius 2 is 1.70 bits per heavy atom. The molecule has 2 rings (SSSR count). The molecule has 1 aliphatic rings. The normalized spacial score (nSPS) is 15.0. The highest BCUT2D eigenvalue weighted by atomic mass is 16.5. The van der Waals surface area contributed by atoms with Gasteiger partial charge in [0.2, 0.25) is 0 Å². The number of carbonyl (C=O) groups is 4. The first-order valence-corrected chi connectivity index (χ1v) is 7.63. The van der Waals surface area contributed by atoms with Crippen LogP contribution in [0.1, 0.15) is 5.56 Å². The van der Waals surface area contributed by atoms with Crippen LogP contribution in [0.15, 0.2) is 41.1 Å². The molecule has 0 saturated heterocycles. The lowest BCUT2D eigenvalue weighted by Crippen LogP contribution is -2.29. The molecule has 142 valence electrons.